The SMILES string of the molecule is Cc1scc(C(=O)Nc2nnc(C(F)(F)F)s2)c1-c1ccccc1. The number of thiophene rings is 1. The van der Waals surface area contributed by atoms with Crippen LogP contribution in [-0.4, -0.2) is 16.1 Å². The number of hydrogen-bond donors (Lipinski definition) is 1. The number of carbonyl (C=O) groups excluding carboxylic acids is 1. The van der Waals surface area contributed by atoms with Crippen molar-refractivity contribution >= 4 is 33.7 Å². The topological polar surface area (TPSA) is 54.9 Å². The number of carbonyl (C=O) groups is 1. The Balaban J connectivity index is 1.88. The van der Waals surface area contributed by atoms with Crippen LogP contribution in [0.4, 0.5) is 18.3 Å². The average molecular weight is 369 g/mol. The fourth-order valence-electron chi connectivity index (χ4n) is 2.14. The van der Waals surface area contributed by atoms with E-state index in [1.165, 1.54) is 11.3 Å². The molecule has 1 aromatic carbocycles. The van der Waals surface area contributed by atoms with Crippen molar-refractivity contribution in [2.45, 2.75) is 13.1 Å². The molecule has 2 heterocycles. The van der Waals surface area contributed by atoms with Gasteiger partial charge in [0.1, 0.15) is 0 Å². The second-order valence-corrected chi connectivity index (χ2v) is 6.87. The van der Waals surface area contributed by atoms with Crippen LogP contribution >= 0.6 is 22.7 Å². The molecular formula is C15H10F3N3OS2. The highest BCUT2D eigenvalue weighted by Crippen LogP contribution is 2.35. The maximum Gasteiger partial charge on any atom is 0.445 e. The minimum atomic E-state index is -4.57. The van der Waals surface area contributed by atoms with Crippen LogP contribution in [0.5, 0.6) is 0 Å². The van der Waals surface area contributed by atoms with Gasteiger partial charge in [0.05, 0.1) is 5.56 Å². The molecule has 0 aliphatic heterocycles. The van der Waals surface area contributed by atoms with E-state index in [9.17, 15) is 18.0 Å². The van der Waals surface area contributed by atoms with Crippen LogP contribution in [0, 0.1) is 6.92 Å². The molecule has 24 heavy (non-hydrogen) atoms. The number of aromatic nitrogens is 2. The quantitative estimate of drug-likeness (QED) is 0.718. The molecule has 0 saturated heterocycles. The van der Waals surface area contributed by atoms with Gasteiger partial charge in [-0.2, -0.15) is 13.2 Å². The molecule has 1 N–H and O–H groups in total. The summed E-state index contributed by atoms with van der Waals surface area (Å²) in [7, 11) is 0. The highest BCUT2D eigenvalue weighted by molar-refractivity contribution is 7.15. The van der Waals surface area contributed by atoms with Crippen molar-refractivity contribution in [3.63, 3.8) is 0 Å². The van der Waals surface area contributed by atoms with Crippen LogP contribution in [0.1, 0.15) is 20.2 Å². The standard InChI is InChI=1S/C15H10F3N3OS2/c1-8-11(9-5-3-2-4-6-9)10(7-23-8)12(22)19-14-21-20-13(24-14)15(16,17)18/h2-7H,1H3,(H,19,21,22). The number of benzene rings is 1. The molecule has 0 unspecified atom stereocenters. The first-order valence-electron chi connectivity index (χ1n) is 6.72. The van der Waals surface area contributed by atoms with E-state index in [2.05, 4.69) is 15.5 Å². The van der Waals surface area contributed by atoms with E-state index in [1.54, 1.807) is 5.38 Å². The lowest BCUT2D eigenvalue weighted by Crippen LogP contribution is -2.12. The molecule has 2 aromatic heterocycles. The summed E-state index contributed by atoms with van der Waals surface area (Å²) in [4.78, 5) is 13.4. The van der Waals surface area contributed by atoms with Gasteiger partial charge in [-0.1, -0.05) is 41.7 Å². The summed E-state index contributed by atoms with van der Waals surface area (Å²) in [5.74, 6) is -0.511. The lowest BCUT2D eigenvalue weighted by Gasteiger charge is -2.05. The second-order valence-electron chi connectivity index (χ2n) is 4.81. The van der Waals surface area contributed by atoms with Gasteiger partial charge in [-0.15, -0.1) is 21.5 Å². The number of hydrogen-bond acceptors (Lipinski definition) is 5. The summed E-state index contributed by atoms with van der Waals surface area (Å²) >= 11 is 1.70. The van der Waals surface area contributed by atoms with E-state index >= 15 is 0 Å². The van der Waals surface area contributed by atoms with Crippen LogP contribution < -0.4 is 5.32 Å². The third kappa shape index (κ3) is 3.31. The number of nitrogens with zero attached hydrogens (tertiary/aromatic N) is 2. The second kappa shape index (κ2) is 6.33. The Kier molecular flexibility index (Phi) is 4.37. The Morgan fingerprint density at radius 1 is 1.17 bits per heavy atom. The molecule has 0 aliphatic rings. The average Bonchev–Trinajstić information content (AvgIpc) is 3.14. The highest BCUT2D eigenvalue weighted by Gasteiger charge is 2.36. The van der Waals surface area contributed by atoms with Gasteiger partial charge < -0.3 is 0 Å². The molecule has 9 heteroatoms. The first-order valence-corrected chi connectivity index (χ1v) is 8.41. The van der Waals surface area contributed by atoms with Crippen molar-refractivity contribution in [2.75, 3.05) is 5.32 Å². The third-order valence-electron chi connectivity index (χ3n) is 3.17. The predicted octanol–water partition coefficient (Wildman–Crippen LogP) is 4.85. The molecule has 0 saturated carbocycles. The van der Waals surface area contributed by atoms with E-state index in [0.717, 1.165) is 16.0 Å². The van der Waals surface area contributed by atoms with Crippen molar-refractivity contribution in [3.05, 3.63) is 51.2 Å². The molecule has 3 aromatic rings. The summed E-state index contributed by atoms with van der Waals surface area (Å²) < 4.78 is 37.6. The Morgan fingerprint density at radius 3 is 2.50 bits per heavy atom. The Bertz CT molecular complexity index is 872. The van der Waals surface area contributed by atoms with Gasteiger partial charge in [0, 0.05) is 15.8 Å². The zero-order chi connectivity index (χ0) is 17.3. The molecule has 0 aliphatic carbocycles. The lowest BCUT2D eigenvalue weighted by molar-refractivity contribution is -0.138. The van der Waals surface area contributed by atoms with E-state index < -0.39 is 17.1 Å². The molecule has 0 fully saturated rings. The number of aryl methyl sites for hydroxylation is 1. The van der Waals surface area contributed by atoms with Crippen LogP contribution in [0.25, 0.3) is 11.1 Å². The van der Waals surface area contributed by atoms with E-state index in [4.69, 9.17) is 0 Å². The number of nitrogens with one attached hydrogen (secondary N) is 1. The van der Waals surface area contributed by atoms with Crippen LogP contribution in [0.15, 0.2) is 35.7 Å². The molecule has 0 atom stereocenters. The number of alkyl halides is 3. The molecular weight excluding hydrogens is 359 g/mol. The van der Waals surface area contributed by atoms with Gasteiger partial charge in [-0.3, -0.25) is 10.1 Å². The smallest absolute Gasteiger partial charge is 0.296 e. The van der Waals surface area contributed by atoms with E-state index in [1.807, 2.05) is 37.3 Å². The Morgan fingerprint density at radius 2 is 1.88 bits per heavy atom. The van der Waals surface area contributed by atoms with Crippen molar-refractivity contribution in [3.8, 4) is 11.1 Å². The van der Waals surface area contributed by atoms with Gasteiger partial charge >= 0.3 is 6.18 Å². The molecule has 0 bridgehead atoms. The summed E-state index contributed by atoms with van der Waals surface area (Å²) in [6, 6.07) is 9.32. The fourth-order valence-corrected chi connectivity index (χ4v) is 3.61. The van der Waals surface area contributed by atoms with Gasteiger partial charge in [0.2, 0.25) is 10.1 Å². The van der Waals surface area contributed by atoms with Crippen molar-refractivity contribution in [1.29, 1.82) is 0 Å². The third-order valence-corrected chi connectivity index (χ3v) is 4.96. The zero-order valence-corrected chi connectivity index (χ0v) is 13.9. The van der Waals surface area contributed by atoms with Crippen LogP contribution in [0.2, 0.25) is 0 Å². The normalized spacial score (nSPS) is 11.5. The largest absolute Gasteiger partial charge is 0.445 e. The van der Waals surface area contributed by atoms with Crippen molar-refractivity contribution in [1.82, 2.24) is 10.2 Å². The van der Waals surface area contributed by atoms with Gasteiger partial charge in [0.25, 0.3) is 5.91 Å². The van der Waals surface area contributed by atoms with Crippen molar-refractivity contribution < 1.29 is 18.0 Å². The number of anilines is 1. The molecule has 124 valence electrons. The predicted molar refractivity (Wildman–Crippen MR) is 87.4 cm³/mol. The summed E-state index contributed by atoms with van der Waals surface area (Å²) in [6.45, 7) is 1.89. The first-order chi connectivity index (χ1) is 11.4. The van der Waals surface area contributed by atoms with Gasteiger partial charge in [-0.25, -0.2) is 0 Å². The number of amides is 1. The van der Waals surface area contributed by atoms with Gasteiger partial charge in [0.15, 0.2) is 0 Å². The van der Waals surface area contributed by atoms with Crippen LogP contribution in [0.3, 0.4) is 0 Å². The number of halogens is 3. The lowest BCUT2D eigenvalue weighted by atomic mass is 10.0. The monoisotopic (exact) mass is 369 g/mol. The van der Waals surface area contributed by atoms with Gasteiger partial charge in [-0.05, 0) is 12.5 Å². The molecule has 1 amide bonds. The summed E-state index contributed by atoms with van der Waals surface area (Å²) in [5, 5.41) is 9.21. The molecule has 0 spiro atoms. The maximum atomic E-state index is 12.5. The number of rotatable bonds is 3. The molecule has 4 nitrogen and oxygen atoms in total. The Labute approximate surface area is 143 Å². The Hall–Kier alpha value is -2.26. The summed E-state index contributed by atoms with van der Waals surface area (Å²) in [6.07, 6.45) is -4.57. The zero-order valence-electron chi connectivity index (χ0n) is 12.2. The first kappa shape index (κ1) is 16.6. The molecule has 0 radical (unpaired) electrons. The van der Waals surface area contributed by atoms with E-state index in [-0.39, 0.29) is 5.13 Å². The van der Waals surface area contributed by atoms with Crippen LogP contribution in [-0.2, 0) is 6.18 Å². The fraction of sp³-hybridized carbons (Fsp3) is 0.133. The van der Waals surface area contributed by atoms with E-state index in [0.29, 0.717) is 16.9 Å². The van der Waals surface area contributed by atoms with Crippen molar-refractivity contribution in [2.24, 2.45) is 0 Å². The minimum Gasteiger partial charge on any atom is -0.296 e. The maximum absolute atomic E-state index is 12.5. The minimum absolute atomic E-state index is 0.185. The highest BCUT2D eigenvalue weighted by atomic mass is 32.1. The molecule has 3 rings (SSSR count). The summed E-state index contributed by atoms with van der Waals surface area (Å²) in [5.41, 5.74) is 2.03.